The lowest BCUT2D eigenvalue weighted by Crippen LogP contribution is -2.22. The van der Waals surface area contributed by atoms with Crippen molar-refractivity contribution in [2.75, 3.05) is 43.4 Å². The minimum absolute atomic E-state index is 0.738. The van der Waals surface area contributed by atoms with Gasteiger partial charge < -0.3 is 15.5 Å². The number of nitrogens with one attached hydrogen (secondary N) is 2. The van der Waals surface area contributed by atoms with Crippen LogP contribution in [-0.2, 0) is 0 Å². The molecule has 1 aromatic rings. The first-order valence-electron chi connectivity index (χ1n) is 7.34. The number of hydrogen-bond acceptors (Lipinski definition) is 5. The summed E-state index contributed by atoms with van der Waals surface area (Å²) in [6.45, 7) is 9.92. The molecule has 1 aliphatic rings. The summed E-state index contributed by atoms with van der Waals surface area (Å²) in [5, 5.41) is 6.71. The highest BCUT2D eigenvalue weighted by atomic mass is 15.1. The van der Waals surface area contributed by atoms with E-state index < -0.39 is 0 Å². The van der Waals surface area contributed by atoms with Crippen molar-refractivity contribution < 1.29 is 0 Å². The van der Waals surface area contributed by atoms with Crippen LogP contribution in [0.3, 0.4) is 0 Å². The summed E-state index contributed by atoms with van der Waals surface area (Å²) in [5.41, 5.74) is 0. The van der Waals surface area contributed by atoms with Gasteiger partial charge in [-0.25, -0.2) is 9.97 Å². The van der Waals surface area contributed by atoms with Gasteiger partial charge in [0, 0.05) is 25.7 Å². The fourth-order valence-corrected chi connectivity index (χ4v) is 2.42. The van der Waals surface area contributed by atoms with E-state index in [0.29, 0.717) is 0 Å². The number of anilines is 2. The van der Waals surface area contributed by atoms with Gasteiger partial charge >= 0.3 is 0 Å². The van der Waals surface area contributed by atoms with Crippen molar-refractivity contribution in [3.63, 3.8) is 0 Å². The van der Waals surface area contributed by atoms with Crippen LogP contribution in [0.15, 0.2) is 12.4 Å². The van der Waals surface area contributed by atoms with E-state index in [1.165, 1.54) is 19.5 Å². The molecule has 0 aliphatic carbocycles. The van der Waals surface area contributed by atoms with Gasteiger partial charge in [0.25, 0.3) is 0 Å². The fraction of sp³-hybridized carbons (Fsp3) is 0.714. The molecule has 0 amide bonds. The predicted molar refractivity (Wildman–Crippen MR) is 79.5 cm³/mol. The van der Waals surface area contributed by atoms with E-state index in [4.69, 9.17) is 0 Å². The topological polar surface area (TPSA) is 53.1 Å². The van der Waals surface area contributed by atoms with Crippen LogP contribution in [0.5, 0.6) is 0 Å². The number of aromatic nitrogens is 2. The van der Waals surface area contributed by atoms with Gasteiger partial charge in [0.15, 0.2) is 0 Å². The lowest BCUT2D eigenvalue weighted by Gasteiger charge is -2.14. The van der Waals surface area contributed by atoms with E-state index >= 15 is 0 Å². The lowest BCUT2D eigenvalue weighted by molar-refractivity contribution is 0.345. The van der Waals surface area contributed by atoms with Crippen LogP contribution in [0, 0.1) is 5.92 Å². The number of hydrogen-bond donors (Lipinski definition) is 2. The molecule has 0 radical (unpaired) electrons. The van der Waals surface area contributed by atoms with Gasteiger partial charge in [-0.1, -0.05) is 13.8 Å². The Morgan fingerprint density at radius 3 is 2.74 bits per heavy atom. The van der Waals surface area contributed by atoms with Crippen molar-refractivity contribution in [3.8, 4) is 0 Å². The van der Waals surface area contributed by atoms with Gasteiger partial charge in [0.1, 0.15) is 18.0 Å². The van der Waals surface area contributed by atoms with Gasteiger partial charge in [-0.05, 0) is 31.8 Å². The van der Waals surface area contributed by atoms with E-state index in [1.54, 1.807) is 6.33 Å². The third-order valence-corrected chi connectivity index (χ3v) is 3.61. The van der Waals surface area contributed by atoms with Crippen LogP contribution in [0.25, 0.3) is 0 Å². The predicted octanol–water partition coefficient (Wildman–Crippen LogP) is 2.05. The first-order valence-corrected chi connectivity index (χ1v) is 7.34. The lowest BCUT2D eigenvalue weighted by atomic mass is 10.1. The molecular formula is C14H25N5. The Morgan fingerprint density at radius 1 is 1.26 bits per heavy atom. The summed E-state index contributed by atoms with van der Waals surface area (Å²) in [6, 6.07) is 1.99. The van der Waals surface area contributed by atoms with Crippen molar-refractivity contribution >= 4 is 11.6 Å². The largest absolute Gasteiger partial charge is 0.370 e. The summed E-state index contributed by atoms with van der Waals surface area (Å²) in [4.78, 5) is 11.0. The Bertz CT molecular complexity index is 382. The van der Waals surface area contributed by atoms with Crippen molar-refractivity contribution in [1.82, 2.24) is 14.9 Å². The molecule has 1 atom stereocenters. The normalized spacial score (nSPS) is 19.6. The van der Waals surface area contributed by atoms with Gasteiger partial charge in [-0.15, -0.1) is 0 Å². The molecule has 106 valence electrons. The second-order valence-corrected chi connectivity index (χ2v) is 5.14. The highest BCUT2D eigenvalue weighted by Gasteiger charge is 2.20. The maximum absolute atomic E-state index is 4.27. The zero-order valence-corrected chi connectivity index (χ0v) is 12.0. The third kappa shape index (κ3) is 4.35. The second kappa shape index (κ2) is 7.28. The molecular weight excluding hydrogens is 238 g/mol. The van der Waals surface area contributed by atoms with Gasteiger partial charge in [-0.3, -0.25) is 0 Å². The fourth-order valence-electron chi connectivity index (χ4n) is 2.42. The Kier molecular flexibility index (Phi) is 5.39. The maximum atomic E-state index is 4.27. The Labute approximate surface area is 115 Å². The summed E-state index contributed by atoms with van der Waals surface area (Å²) in [7, 11) is 0. The summed E-state index contributed by atoms with van der Waals surface area (Å²) in [5.74, 6) is 2.56. The molecule has 2 rings (SSSR count). The molecule has 0 bridgehead atoms. The molecule has 1 aliphatic heterocycles. The second-order valence-electron chi connectivity index (χ2n) is 5.14. The average Bonchev–Trinajstić information content (AvgIpc) is 2.91. The van der Waals surface area contributed by atoms with Crippen LogP contribution < -0.4 is 10.6 Å². The number of rotatable bonds is 7. The Balaban J connectivity index is 1.79. The molecule has 5 nitrogen and oxygen atoms in total. The van der Waals surface area contributed by atoms with E-state index in [9.17, 15) is 0 Å². The van der Waals surface area contributed by atoms with Crippen LogP contribution in [0.1, 0.15) is 26.7 Å². The third-order valence-electron chi connectivity index (χ3n) is 3.61. The molecule has 1 unspecified atom stereocenters. The molecule has 1 fully saturated rings. The quantitative estimate of drug-likeness (QED) is 0.788. The first kappa shape index (κ1) is 14.1. The van der Waals surface area contributed by atoms with E-state index in [1.807, 2.05) is 6.07 Å². The molecule has 0 aromatic carbocycles. The van der Waals surface area contributed by atoms with E-state index in [0.717, 1.165) is 43.6 Å². The summed E-state index contributed by atoms with van der Waals surface area (Å²) in [6.07, 6.45) is 4.00. The summed E-state index contributed by atoms with van der Waals surface area (Å²) < 4.78 is 0. The minimum atomic E-state index is 0.738. The molecule has 1 aromatic heterocycles. The number of likely N-dealkylation sites (tertiary alicyclic amines) is 1. The molecule has 2 N–H and O–H groups in total. The molecule has 2 heterocycles. The van der Waals surface area contributed by atoms with Gasteiger partial charge in [0.05, 0.1) is 0 Å². The van der Waals surface area contributed by atoms with E-state index in [2.05, 4.69) is 39.3 Å². The van der Waals surface area contributed by atoms with Gasteiger partial charge in [-0.2, -0.15) is 0 Å². The average molecular weight is 263 g/mol. The van der Waals surface area contributed by atoms with Crippen molar-refractivity contribution in [1.29, 1.82) is 0 Å². The van der Waals surface area contributed by atoms with Crippen LogP contribution in [-0.4, -0.2) is 47.6 Å². The monoisotopic (exact) mass is 263 g/mol. The highest BCUT2D eigenvalue weighted by Crippen LogP contribution is 2.17. The zero-order valence-electron chi connectivity index (χ0n) is 12.0. The van der Waals surface area contributed by atoms with Crippen molar-refractivity contribution in [2.24, 2.45) is 5.92 Å². The maximum Gasteiger partial charge on any atom is 0.131 e. The van der Waals surface area contributed by atoms with Crippen LogP contribution >= 0.6 is 0 Å². The first-order chi connectivity index (χ1) is 9.31. The molecule has 0 spiro atoms. The molecule has 19 heavy (non-hydrogen) atoms. The van der Waals surface area contributed by atoms with Crippen molar-refractivity contribution in [2.45, 2.75) is 26.7 Å². The molecule has 1 saturated heterocycles. The minimum Gasteiger partial charge on any atom is -0.370 e. The highest BCUT2D eigenvalue weighted by molar-refractivity contribution is 5.46. The van der Waals surface area contributed by atoms with Crippen LogP contribution in [0.4, 0.5) is 11.6 Å². The summed E-state index contributed by atoms with van der Waals surface area (Å²) >= 11 is 0. The zero-order chi connectivity index (χ0) is 13.5. The standard InChI is InChI=1S/C14H25N5/c1-3-6-15-13-8-14(18-11-17-13)16-9-12-5-7-19(4-2)10-12/h8,11-12H,3-7,9-10H2,1-2H3,(H2,15,16,17,18). The van der Waals surface area contributed by atoms with Crippen LogP contribution in [0.2, 0.25) is 0 Å². The Morgan fingerprint density at radius 2 is 2.05 bits per heavy atom. The SMILES string of the molecule is CCCNc1cc(NCC2CCN(CC)C2)ncn1. The van der Waals surface area contributed by atoms with E-state index in [-0.39, 0.29) is 0 Å². The Hall–Kier alpha value is -1.36. The number of nitrogens with zero attached hydrogens (tertiary/aromatic N) is 3. The van der Waals surface area contributed by atoms with Gasteiger partial charge in [0.2, 0.25) is 0 Å². The van der Waals surface area contributed by atoms with Crippen molar-refractivity contribution in [3.05, 3.63) is 12.4 Å². The molecule has 5 heteroatoms. The smallest absolute Gasteiger partial charge is 0.131 e. The molecule has 0 saturated carbocycles.